The average molecular weight is 250 g/mol. The molecule has 102 valence electrons. The smallest absolute Gasteiger partial charge is 0.231 e. The fourth-order valence-electron chi connectivity index (χ4n) is 5.62. The van der Waals surface area contributed by atoms with E-state index in [4.69, 9.17) is 5.73 Å². The number of carbonyl (C=O) groups is 1. The highest BCUT2D eigenvalue weighted by Crippen LogP contribution is 2.61. The van der Waals surface area contributed by atoms with Crippen molar-refractivity contribution in [1.29, 1.82) is 0 Å². The zero-order valence-corrected chi connectivity index (χ0v) is 11.5. The van der Waals surface area contributed by atoms with Crippen LogP contribution in [0.4, 0.5) is 0 Å². The van der Waals surface area contributed by atoms with Gasteiger partial charge >= 0.3 is 0 Å². The number of nitrogens with two attached hydrogens (primary N) is 1. The Labute approximate surface area is 110 Å². The molecule has 0 aromatic heterocycles. The quantitative estimate of drug-likeness (QED) is 0.784. The van der Waals surface area contributed by atoms with Crippen molar-refractivity contribution in [3.05, 3.63) is 0 Å². The number of amides is 1. The van der Waals surface area contributed by atoms with Crippen LogP contribution in [-0.4, -0.2) is 18.5 Å². The molecule has 0 saturated heterocycles. The number of rotatable bonds is 5. The van der Waals surface area contributed by atoms with Crippen LogP contribution in [0.15, 0.2) is 0 Å². The van der Waals surface area contributed by atoms with Crippen molar-refractivity contribution < 1.29 is 4.79 Å². The molecule has 3 nitrogen and oxygen atoms in total. The van der Waals surface area contributed by atoms with E-state index in [1.807, 2.05) is 0 Å². The lowest BCUT2D eigenvalue weighted by Gasteiger charge is -2.59. The minimum Gasteiger partial charge on any atom is -0.369 e. The summed E-state index contributed by atoms with van der Waals surface area (Å²) < 4.78 is 0. The highest BCUT2D eigenvalue weighted by molar-refractivity contribution is 5.75. The van der Waals surface area contributed by atoms with Crippen LogP contribution in [0.2, 0.25) is 0 Å². The van der Waals surface area contributed by atoms with Crippen LogP contribution >= 0.6 is 0 Å². The van der Waals surface area contributed by atoms with E-state index in [1.165, 1.54) is 38.5 Å². The van der Waals surface area contributed by atoms with Crippen LogP contribution in [0.1, 0.15) is 51.9 Å². The van der Waals surface area contributed by atoms with Crippen molar-refractivity contribution in [2.24, 2.45) is 28.9 Å². The number of hydrogen-bond donors (Lipinski definition) is 2. The number of hydrogen-bond acceptors (Lipinski definition) is 2. The Hall–Kier alpha value is -0.570. The number of carbonyl (C=O) groups excluding carboxylic acids is 1. The van der Waals surface area contributed by atoms with Crippen LogP contribution in [0.5, 0.6) is 0 Å². The van der Waals surface area contributed by atoms with Crippen molar-refractivity contribution in [3.8, 4) is 0 Å². The number of primary amides is 1. The Bertz CT molecular complexity index is 304. The van der Waals surface area contributed by atoms with E-state index in [0.29, 0.717) is 18.0 Å². The van der Waals surface area contributed by atoms with Gasteiger partial charge in [0.05, 0.1) is 6.54 Å². The molecule has 0 aromatic carbocycles. The zero-order valence-electron chi connectivity index (χ0n) is 11.5. The van der Waals surface area contributed by atoms with E-state index in [1.54, 1.807) is 0 Å². The van der Waals surface area contributed by atoms with Gasteiger partial charge in [-0.05, 0) is 68.1 Å². The fourth-order valence-corrected chi connectivity index (χ4v) is 5.62. The first kappa shape index (κ1) is 12.5. The van der Waals surface area contributed by atoms with Crippen molar-refractivity contribution in [3.63, 3.8) is 0 Å². The van der Waals surface area contributed by atoms with Gasteiger partial charge in [-0.3, -0.25) is 4.79 Å². The molecule has 4 rings (SSSR count). The van der Waals surface area contributed by atoms with Gasteiger partial charge in [0.2, 0.25) is 5.91 Å². The van der Waals surface area contributed by atoms with Crippen LogP contribution in [-0.2, 0) is 4.79 Å². The summed E-state index contributed by atoms with van der Waals surface area (Å²) in [6, 6.07) is 0.499. The van der Waals surface area contributed by atoms with Gasteiger partial charge in [0, 0.05) is 6.04 Å². The van der Waals surface area contributed by atoms with Gasteiger partial charge in [0.1, 0.15) is 0 Å². The Kier molecular flexibility index (Phi) is 3.13. The molecule has 0 spiro atoms. The molecule has 4 aliphatic carbocycles. The van der Waals surface area contributed by atoms with E-state index in [0.717, 1.165) is 24.2 Å². The van der Waals surface area contributed by atoms with Gasteiger partial charge in [-0.15, -0.1) is 0 Å². The van der Waals surface area contributed by atoms with Crippen molar-refractivity contribution in [2.45, 2.75) is 57.9 Å². The largest absolute Gasteiger partial charge is 0.369 e. The highest BCUT2D eigenvalue weighted by Gasteiger charge is 2.53. The predicted molar refractivity (Wildman–Crippen MR) is 71.9 cm³/mol. The standard InChI is InChI=1S/C15H26N2O/c1-2-13(17-9-14(16)18)15-6-10-3-11(7-15)5-12(4-10)8-15/h10-13,17H,2-9H2,1H3,(H2,16,18). The Morgan fingerprint density at radius 1 is 1.22 bits per heavy atom. The second-order valence-electron chi connectivity index (χ2n) is 7.09. The van der Waals surface area contributed by atoms with Crippen LogP contribution in [0.3, 0.4) is 0 Å². The van der Waals surface area contributed by atoms with Gasteiger partial charge in [0.25, 0.3) is 0 Å². The van der Waals surface area contributed by atoms with Crippen LogP contribution in [0, 0.1) is 23.2 Å². The Morgan fingerprint density at radius 3 is 2.11 bits per heavy atom. The molecule has 0 aliphatic heterocycles. The third-order valence-corrected chi connectivity index (χ3v) is 5.76. The summed E-state index contributed by atoms with van der Waals surface area (Å²) in [5, 5.41) is 3.45. The maximum absolute atomic E-state index is 11.0. The van der Waals surface area contributed by atoms with Crippen LogP contribution < -0.4 is 11.1 Å². The predicted octanol–water partition coefficient (Wildman–Crippen LogP) is 2.06. The normalized spacial score (nSPS) is 43.1. The fraction of sp³-hybridized carbons (Fsp3) is 0.933. The minimum absolute atomic E-state index is 0.224. The summed E-state index contributed by atoms with van der Waals surface area (Å²) in [4.78, 5) is 11.0. The highest BCUT2D eigenvalue weighted by atomic mass is 16.1. The lowest BCUT2D eigenvalue weighted by molar-refractivity contribution is -0.118. The second kappa shape index (κ2) is 4.52. The topological polar surface area (TPSA) is 55.1 Å². The van der Waals surface area contributed by atoms with Gasteiger partial charge in [0.15, 0.2) is 0 Å². The van der Waals surface area contributed by atoms with Crippen molar-refractivity contribution in [1.82, 2.24) is 5.32 Å². The molecule has 1 atom stereocenters. The first-order valence-corrected chi connectivity index (χ1v) is 7.63. The summed E-state index contributed by atoms with van der Waals surface area (Å²) >= 11 is 0. The maximum atomic E-state index is 11.0. The molecule has 0 radical (unpaired) electrons. The molecule has 3 N–H and O–H groups in total. The van der Waals surface area contributed by atoms with E-state index in [-0.39, 0.29) is 5.91 Å². The molecule has 4 fully saturated rings. The summed E-state index contributed by atoms with van der Waals surface area (Å²) in [7, 11) is 0. The first-order chi connectivity index (χ1) is 8.61. The second-order valence-corrected chi connectivity index (χ2v) is 7.09. The molecular weight excluding hydrogens is 224 g/mol. The lowest BCUT2D eigenvalue weighted by Crippen LogP contribution is -2.56. The monoisotopic (exact) mass is 250 g/mol. The van der Waals surface area contributed by atoms with E-state index in [2.05, 4.69) is 12.2 Å². The molecule has 0 aromatic rings. The van der Waals surface area contributed by atoms with Gasteiger partial charge < -0.3 is 11.1 Å². The Morgan fingerprint density at radius 2 is 1.72 bits per heavy atom. The molecule has 0 heterocycles. The molecule has 1 amide bonds. The third-order valence-electron chi connectivity index (χ3n) is 5.76. The van der Waals surface area contributed by atoms with Gasteiger partial charge in [-0.25, -0.2) is 0 Å². The Balaban J connectivity index is 1.74. The summed E-state index contributed by atoms with van der Waals surface area (Å²) in [5.41, 5.74) is 5.77. The molecule has 4 saturated carbocycles. The summed E-state index contributed by atoms with van der Waals surface area (Å²) in [5.74, 6) is 2.69. The van der Waals surface area contributed by atoms with Crippen molar-refractivity contribution in [2.75, 3.05) is 6.54 Å². The SMILES string of the molecule is CCC(NCC(N)=O)C12CC3CC(CC(C3)C1)C2. The number of nitrogens with one attached hydrogen (secondary N) is 1. The minimum atomic E-state index is -0.224. The van der Waals surface area contributed by atoms with E-state index >= 15 is 0 Å². The first-order valence-electron chi connectivity index (χ1n) is 7.63. The lowest BCUT2D eigenvalue weighted by atomic mass is 9.47. The summed E-state index contributed by atoms with van der Waals surface area (Å²) in [6.07, 6.45) is 9.73. The molecule has 18 heavy (non-hydrogen) atoms. The molecule has 1 unspecified atom stereocenters. The van der Waals surface area contributed by atoms with Crippen LogP contribution in [0.25, 0.3) is 0 Å². The molecular formula is C15H26N2O. The summed E-state index contributed by atoms with van der Waals surface area (Å²) in [6.45, 7) is 2.59. The molecule has 4 aliphatic rings. The molecule has 3 heteroatoms. The van der Waals surface area contributed by atoms with E-state index in [9.17, 15) is 4.79 Å². The van der Waals surface area contributed by atoms with Gasteiger partial charge in [-0.1, -0.05) is 6.92 Å². The van der Waals surface area contributed by atoms with E-state index < -0.39 is 0 Å². The van der Waals surface area contributed by atoms with Crippen molar-refractivity contribution >= 4 is 5.91 Å². The molecule has 4 bridgehead atoms. The third kappa shape index (κ3) is 2.07. The zero-order chi connectivity index (χ0) is 12.8. The van der Waals surface area contributed by atoms with Gasteiger partial charge in [-0.2, -0.15) is 0 Å². The maximum Gasteiger partial charge on any atom is 0.231 e. The average Bonchev–Trinajstić information content (AvgIpc) is 2.26.